The van der Waals surface area contributed by atoms with E-state index in [1.807, 2.05) is 0 Å². The number of hydrogen-bond donors (Lipinski definition) is 0. The summed E-state index contributed by atoms with van der Waals surface area (Å²) < 4.78 is 27.4. The molecular weight excluding hydrogens is 274 g/mol. The summed E-state index contributed by atoms with van der Waals surface area (Å²) in [4.78, 5) is 3.88. The van der Waals surface area contributed by atoms with Crippen LogP contribution < -0.4 is 4.74 Å². The van der Waals surface area contributed by atoms with E-state index in [4.69, 9.17) is 15.4 Å². The lowest BCUT2D eigenvalue weighted by Crippen LogP contribution is -2.00. The van der Waals surface area contributed by atoms with E-state index in [9.17, 15) is 8.42 Å². The maximum atomic E-state index is 11.0. The van der Waals surface area contributed by atoms with Crippen molar-refractivity contribution in [3.63, 3.8) is 0 Å². The van der Waals surface area contributed by atoms with E-state index in [-0.39, 0.29) is 4.90 Å². The molecule has 0 aliphatic carbocycles. The summed E-state index contributed by atoms with van der Waals surface area (Å²) in [5.74, 6) is 0.426. The summed E-state index contributed by atoms with van der Waals surface area (Å²) >= 11 is 0. The van der Waals surface area contributed by atoms with Gasteiger partial charge in [-0.3, -0.25) is 0 Å². The second-order valence-electron chi connectivity index (χ2n) is 4.03. The molecule has 18 heavy (non-hydrogen) atoms. The van der Waals surface area contributed by atoms with Crippen LogP contribution in [-0.2, 0) is 9.05 Å². The molecule has 0 aromatic carbocycles. The summed E-state index contributed by atoms with van der Waals surface area (Å²) in [5, 5.41) is 0. The smallest absolute Gasteiger partial charge is 0.262 e. The van der Waals surface area contributed by atoms with Crippen molar-refractivity contribution < 1.29 is 13.2 Å². The van der Waals surface area contributed by atoms with E-state index in [0.29, 0.717) is 12.5 Å². The van der Waals surface area contributed by atoms with Crippen molar-refractivity contribution >= 4 is 19.7 Å². The van der Waals surface area contributed by atoms with Crippen molar-refractivity contribution in [2.24, 2.45) is 0 Å². The Morgan fingerprint density at radius 2 is 1.94 bits per heavy atom. The molecule has 0 aliphatic heterocycles. The number of aromatic nitrogens is 1. The van der Waals surface area contributed by atoms with Crippen molar-refractivity contribution in [1.29, 1.82) is 0 Å². The molecule has 0 atom stereocenters. The van der Waals surface area contributed by atoms with Crippen LogP contribution in [0.25, 0.3) is 0 Å². The van der Waals surface area contributed by atoms with E-state index >= 15 is 0 Å². The molecule has 1 aromatic heterocycles. The highest BCUT2D eigenvalue weighted by Gasteiger charge is 2.09. The lowest BCUT2D eigenvalue weighted by atomic mass is 10.2. The average molecular weight is 292 g/mol. The lowest BCUT2D eigenvalue weighted by molar-refractivity contribution is 0.293. The summed E-state index contributed by atoms with van der Waals surface area (Å²) in [6.45, 7) is 2.77. The first-order chi connectivity index (χ1) is 8.54. The molecule has 0 fully saturated rings. The number of ether oxygens (including phenoxy) is 1. The van der Waals surface area contributed by atoms with Crippen LogP contribution in [0.15, 0.2) is 23.2 Å². The molecule has 0 saturated heterocycles. The fourth-order valence-electron chi connectivity index (χ4n) is 1.48. The highest BCUT2D eigenvalue weighted by molar-refractivity contribution is 8.13. The minimum absolute atomic E-state index is 0.0144. The number of unbranched alkanes of at least 4 members (excludes halogenated alkanes) is 4. The molecule has 0 bridgehead atoms. The number of halogens is 1. The van der Waals surface area contributed by atoms with Gasteiger partial charge in [-0.15, -0.1) is 0 Å². The minimum atomic E-state index is -3.70. The highest BCUT2D eigenvalue weighted by Crippen LogP contribution is 2.16. The number of nitrogens with zero attached hydrogens (tertiary/aromatic N) is 1. The van der Waals surface area contributed by atoms with Crippen molar-refractivity contribution in [3.8, 4) is 5.88 Å². The molecule has 0 spiro atoms. The van der Waals surface area contributed by atoms with Gasteiger partial charge < -0.3 is 4.74 Å². The number of pyridine rings is 1. The van der Waals surface area contributed by atoms with Gasteiger partial charge in [0.1, 0.15) is 4.90 Å². The van der Waals surface area contributed by atoms with Gasteiger partial charge in [-0.05, 0) is 12.5 Å². The Labute approximate surface area is 113 Å². The molecule has 1 aromatic rings. The maximum Gasteiger partial charge on any atom is 0.262 e. The largest absolute Gasteiger partial charge is 0.478 e. The van der Waals surface area contributed by atoms with Gasteiger partial charge in [0.05, 0.1) is 12.8 Å². The van der Waals surface area contributed by atoms with Gasteiger partial charge in [0.25, 0.3) is 9.05 Å². The first kappa shape index (κ1) is 15.2. The molecule has 6 heteroatoms. The van der Waals surface area contributed by atoms with Gasteiger partial charge in [0.15, 0.2) is 0 Å². The summed E-state index contributed by atoms with van der Waals surface area (Å²) in [5.41, 5.74) is 0. The number of hydrogen-bond acceptors (Lipinski definition) is 4. The first-order valence-electron chi connectivity index (χ1n) is 6.07. The molecule has 0 unspecified atom stereocenters. The Hall–Kier alpha value is -0.810. The van der Waals surface area contributed by atoms with Gasteiger partial charge in [0.2, 0.25) is 5.88 Å². The Morgan fingerprint density at radius 3 is 2.50 bits per heavy atom. The second-order valence-corrected chi connectivity index (χ2v) is 6.60. The van der Waals surface area contributed by atoms with Crippen LogP contribution in [0.4, 0.5) is 0 Å². The van der Waals surface area contributed by atoms with Gasteiger partial charge >= 0.3 is 0 Å². The van der Waals surface area contributed by atoms with Gasteiger partial charge in [-0.25, -0.2) is 13.4 Å². The monoisotopic (exact) mass is 291 g/mol. The Morgan fingerprint density at radius 1 is 1.22 bits per heavy atom. The third kappa shape index (κ3) is 5.69. The van der Waals surface area contributed by atoms with Gasteiger partial charge in [0, 0.05) is 16.7 Å². The van der Waals surface area contributed by atoms with E-state index in [2.05, 4.69) is 11.9 Å². The summed E-state index contributed by atoms with van der Waals surface area (Å²) in [7, 11) is 1.48. The van der Waals surface area contributed by atoms with E-state index in [1.165, 1.54) is 37.6 Å². The fourth-order valence-corrected chi connectivity index (χ4v) is 2.16. The molecule has 1 rings (SSSR count). The molecule has 0 saturated carbocycles. The van der Waals surface area contributed by atoms with Crippen molar-refractivity contribution in [2.75, 3.05) is 6.61 Å². The van der Waals surface area contributed by atoms with Crippen molar-refractivity contribution in [3.05, 3.63) is 18.3 Å². The van der Waals surface area contributed by atoms with Crippen LogP contribution in [0.3, 0.4) is 0 Å². The molecule has 0 N–H and O–H groups in total. The average Bonchev–Trinajstić information content (AvgIpc) is 2.33. The maximum absolute atomic E-state index is 11.0. The topological polar surface area (TPSA) is 56.3 Å². The zero-order chi connectivity index (χ0) is 13.4. The highest BCUT2D eigenvalue weighted by atomic mass is 35.7. The summed E-state index contributed by atoms with van der Waals surface area (Å²) in [6.07, 6.45) is 7.02. The van der Waals surface area contributed by atoms with Gasteiger partial charge in [-0.2, -0.15) is 0 Å². The minimum Gasteiger partial charge on any atom is -0.478 e. The Bertz CT molecular complexity index is 445. The predicted octanol–water partition coefficient (Wildman–Crippen LogP) is 3.36. The van der Waals surface area contributed by atoms with Crippen molar-refractivity contribution in [1.82, 2.24) is 4.98 Å². The number of rotatable bonds is 8. The zero-order valence-corrected chi connectivity index (χ0v) is 12.0. The fraction of sp³-hybridized carbons (Fsp3) is 0.583. The van der Waals surface area contributed by atoms with Crippen LogP contribution in [0.2, 0.25) is 0 Å². The van der Waals surface area contributed by atoms with Crippen LogP contribution >= 0.6 is 10.7 Å². The zero-order valence-electron chi connectivity index (χ0n) is 10.4. The molecule has 1 heterocycles. The van der Waals surface area contributed by atoms with Crippen LogP contribution in [0, 0.1) is 0 Å². The quantitative estimate of drug-likeness (QED) is 0.544. The molecule has 0 aliphatic rings. The predicted molar refractivity (Wildman–Crippen MR) is 71.5 cm³/mol. The molecule has 0 amide bonds. The molecule has 0 radical (unpaired) electrons. The molecule has 102 valence electrons. The van der Waals surface area contributed by atoms with E-state index < -0.39 is 9.05 Å². The SMILES string of the molecule is CCCCCCCOc1ccc(S(=O)(=O)Cl)cn1. The third-order valence-corrected chi connectivity index (χ3v) is 3.83. The standard InChI is InChI=1S/C12H18ClNO3S/c1-2-3-4-5-6-9-17-12-8-7-11(10-14-12)18(13,15)16/h7-8,10H,2-6,9H2,1H3. The van der Waals surface area contributed by atoms with Gasteiger partial charge in [-0.1, -0.05) is 32.6 Å². The first-order valence-corrected chi connectivity index (χ1v) is 8.38. The summed E-state index contributed by atoms with van der Waals surface area (Å²) in [6, 6.07) is 2.91. The normalized spacial score (nSPS) is 11.4. The molecule has 4 nitrogen and oxygen atoms in total. The van der Waals surface area contributed by atoms with Crippen molar-refractivity contribution in [2.45, 2.75) is 43.9 Å². The van der Waals surface area contributed by atoms with Crippen LogP contribution in [0.1, 0.15) is 39.0 Å². The van der Waals surface area contributed by atoms with E-state index in [1.54, 1.807) is 0 Å². The Balaban J connectivity index is 2.32. The lowest BCUT2D eigenvalue weighted by Gasteiger charge is -2.05. The third-order valence-electron chi connectivity index (χ3n) is 2.49. The van der Waals surface area contributed by atoms with E-state index in [0.717, 1.165) is 12.8 Å². The van der Waals surface area contributed by atoms with Crippen LogP contribution in [-0.4, -0.2) is 20.0 Å². The molecular formula is C12H18ClNO3S. The van der Waals surface area contributed by atoms with Crippen LogP contribution in [0.5, 0.6) is 5.88 Å². The Kier molecular flexibility index (Phi) is 6.43. The second kappa shape index (κ2) is 7.59.